The van der Waals surface area contributed by atoms with E-state index in [0.717, 1.165) is 5.56 Å². The number of rotatable bonds is 5. The van der Waals surface area contributed by atoms with Crippen molar-refractivity contribution >= 4 is 17.3 Å². The molecule has 0 radical (unpaired) electrons. The molecule has 4 aromatic rings. The standard InChI is InChI=1S/C23H18N4O3/c1-30-23(29)17-12-14-18(15-13-17)24-25-21-20(16-8-4-2-5-9-16)26-27(22(21)28)19-10-6-3-7-11-19/h2-15,26H,1H3. The second kappa shape index (κ2) is 8.40. The number of hydrogen-bond donors (Lipinski definition) is 1. The molecule has 30 heavy (non-hydrogen) atoms. The molecule has 1 heterocycles. The zero-order valence-corrected chi connectivity index (χ0v) is 16.1. The maximum atomic E-state index is 13.1. The van der Waals surface area contributed by atoms with Gasteiger partial charge >= 0.3 is 5.97 Å². The lowest BCUT2D eigenvalue weighted by Gasteiger charge is -2.01. The number of nitrogens with zero attached hydrogens (tertiary/aromatic N) is 3. The molecule has 0 amide bonds. The number of carbonyl (C=O) groups excluding carboxylic acids is 1. The maximum absolute atomic E-state index is 13.1. The average Bonchev–Trinajstić information content (AvgIpc) is 3.14. The molecule has 0 saturated carbocycles. The summed E-state index contributed by atoms with van der Waals surface area (Å²) in [6, 6.07) is 25.2. The second-order valence-electron chi connectivity index (χ2n) is 6.42. The molecule has 0 aliphatic carbocycles. The van der Waals surface area contributed by atoms with Gasteiger partial charge in [0, 0.05) is 5.56 Å². The Labute approximate surface area is 172 Å². The van der Waals surface area contributed by atoms with E-state index < -0.39 is 5.97 Å². The first kappa shape index (κ1) is 19.1. The van der Waals surface area contributed by atoms with E-state index in [2.05, 4.69) is 20.1 Å². The molecule has 0 spiro atoms. The van der Waals surface area contributed by atoms with Gasteiger partial charge in [0.05, 0.1) is 29.7 Å². The van der Waals surface area contributed by atoms with Crippen LogP contribution in [0.25, 0.3) is 16.9 Å². The Morgan fingerprint density at radius 1 is 0.867 bits per heavy atom. The van der Waals surface area contributed by atoms with Crippen LogP contribution < -0.4 is 5.56 Å². The van der Waals surface area contributed by atoms with Gasteiger partial charge in [0.15, 0.2) is 5.69 Å². The lowest BCUT2D eigenvalue weighted by Crippen LogP contribution is -2.13. The number of benzene rings is 3. The number of nitrogens with one attached hydrogen (secondary N) is 1. The van der Waals surface area contributed by atoms with Crippen LogP contribution in [0.2, 0.25) is 0 Å². The topological polar surface area (TPSA) is 88.8 Å². The van der Waals surface area contributed by atoms with Gasteiger partial charge in [0.1, 0.15) is 0 Å². The zero-order valence-electron chi connectivity index (χ0n) is 16.1. The highest BCUT2D eigenvalue weighted by atomic mass is 16.5. The monoisotopic (exact) mass is 398 g/mol. The van der Waals surface area contributed by atoms with Crippen molar-refractivity contribution in [3.05, 3.63) is 101 Å². The van der Waals surface area contributed by atoms with Gasteiger partial charge in [-0.05, 0) is 36.4 Å². The molecule has 0 aliphatic rings. The molecule has 1 N–H and O–H groups in total. The number of carbonyl (C=O) groups is 1. The molecule has 0 atom stereocenters. The maximum Gasteiger partial charge on any atom is 0.337 e. The van der Waals surface area contributed by atoms with Gasteiger partial charge < -0.3 is 4.74 Å². The summed E-state index contributed by atoms with van der Waals surface area (Å²) < 4.78 is 6.13. The lowest BCUT2D eigenvalue weighted by atomic mass is 10.1. The molecule has 1 aromatic heterocycles. The predicted molar refractivity (Wildman–Crippen MR) is 114 cm³/mol. The zero-order chi connectivity index (χ0) is 20.9. The Bertz CT molecular complexity index is 1240. The number of aromatic amines is 1. The normalized spacial score (nSPS) is 11.0. The van der Waals surface area contributed by atoms with Gasteiger partial charge in [0.25, 0.3) is 5.56 Å². The Kier molecular flexibility index (Phi) is 5.34. The van der Waals surface area contributed by atoms with Crippen LogP contribution in [0.4, 0.5) is 11.4 Å². The molecule has 148 valence electrons. The number of aromatic nitrogens is 2. The number of esters is 1. The van der Waals surface area contributed by atoms with E-state index in [1.807, 2.05) is 60.7 Å². The molecule has 3 aromatic carbocycles. The third-order valence-electron chi connectivity index (χ3n) is 4.50. The Morgan fingerprint density at radius 2 is 1.50 bits per heavy atom. The van der Waals surface area contributed by atoms with Crippen LogP contribution in [0.5, 0.6) is 0 Å². The number of para-hydroxylation sites is 1. The molecule has 0 unspecified atom stereocenters. The van der Waals surface area contributed by atoms with Gasteiger partial charge in [-0.15, -0.1) is 5.11 Å². The fourth-order valence-electron chi connectivity index (χ4n) is 2.98. The number of H-pyrrole nitrogens is 1. The lowest BCUT2D eigenvalue weighted by molar-refractivity contribution is 0.0601. The fraction of sp³-hybridized carbons (Fsp3) is 0.0435. The van der Waals surface area contributed by atoms with Crippen molar-refractivity contribution in [3.63, 3.8) is 0 Å². The first-order valence-electron chi connectivity index (χ1n) is 9.23. The molecular formula is C23H18N4O3. The van der Waals surface area contributed by atoms with Crippen LogP contribution in [-0.4, -0.2) is 22.9 Å². The average molecular weight is 398 g/mol. The molecule has 7 heteroatoms. The molecule has 0 saturated heterocycles. The number of hydrogen-bond acceptors (Lipinski definition) is 5. The summed E-state index contributed by atoms with van der Waals surface area (Å²) in [5.41, 5.74) is 2.89. The summed E-state index contributed by atoms with van der Waals surface area (Å²) in [5, 5.41) is 11.6. The highest BCUT2D eigenvalue weighted by molar-refractivity contribution is 5.89. The Morgan fingerprint density at radius 3 is 2.13 bits per heavy atom. The molecule has 0 bridgehead atoms. The van der Waals surface area contributed by atoms with Crippen LogP contribution in [0.1, 0.15) is 10.4 Å². The van der Waals surface area contributed by atoms with E-state index in [9.17, 15) is 9.59 Å². The Hall–Kier alpha value is -4.26. The molecule has 0 aliphatic heterocycles. The quantitative estimate of drug-likeness (QED) is 0.377. The number of azo groups is 1. The molecule has 0 fully saturated rings. The Balaban J connectivity index is 1.76. The van der Waals surface area contributed by atoms with Crippen molar-refractivity contribution in [1.82, 2.24) is 9.78 Å². The molecular weight excluding hydrogens is 380 g/mol. The van der Waals surface area contributed by atoms with E-state index in [-0.39, 0.29) is 11.2 Å². The number of methoxy groups -OCH3 is 1. The van der Waals surface area contributed by atoms with Gasteiger partial charge in [-0.1, -0.05) is 48.5 Å². The van der Waals surface area contributed by atoms with Crippen molar-refractivity contribution in [2.45, 2.75) is 0 Å². The summed E-state index contributed by atoms with van der Waals surface area (Å²) in [7, 11) is 1.32. The van der Waals surface area contributed by atoms with E-state index in [1.165, 1.54) is 11.8 Å². The minimum Gasteiger partial charge on any atom is -0.465 e. The molecule has 4 rings (SSSR count). The highest BCUT2D eigenvalue weighted by Gasteiger charge is 2.16. The summed E-state index contributed by atoms with van der Waals surface area (Å²) in [6.07, 6.45) is 0. The van der Waals surface area contributed by atoms with Crippen LogP contribution in [0.15, 0.2) is 100.0 Å². The smallest absolute Gasteiger partial charge is 0.337 e. The summed E-state index contributed by atoms with van der Waals surface area (Å²) in [5.74, 6) is -0.429. The van der Waals surface area contributed by atoms with Crippen molar-refractivity contribution < 1.29 is 9.53 Å². The minimum absolute atomic E-state index is 0.196. The van der Waals surface area contributed by atoms with E-state index >= 15 is 0 Å². The van der Waals surface area contributed by atoms with Crippen molar-refractivity contribution in [3.8, 4) is 16.9 Å². The fourth-order valence-corrected chi connectivity index (χ4v) is 2.98. The van der Waals surface area contributed by atoms with Gasteiger partial charge in [0.2, 0.25) is 0 Å². The summed E-state index contributed by atoms with van der Waals surface area (Å²) in [6.45, 7) is 0. The van der Waals surface area contributed by atoms with Gasteiger partial charge in [-0.25, -0.2) is 9.48 Å². The van der Waals surface area contributed by atoms with Crippen molar-refractivity contribution in [2.24, 2.45) is 10.2 Å². The summed E-state index contributed by atoms with van der Waals surface area (Å²) >= 11 is 0. The minimum atomic E-state index is -0.429. The largest absolute Gasteiger partial charge is 0.465 e. The highest BCUT2D eigenvalue weighted by Crippen LogP contribution is 2.28. The van der Waals surface area contributed by atoms with E-state index in [1.54, 1.807) is 24.3 Å². The van der Waals surface area contributed by atoms with Crippen LogP contribution >= 0.6 is 0 Å². The first-order valence-corrected chi connectivity index (χ1v) is 9.23. The second-order valence-corrected chi connectivity index (χ2v) is 6.42. The van der Waals surface area contributed by atoms with Gasteiger partial charge in [-0.2, -0.15) is 5.11 Å². The molecule has 7 nitrogen and oxygen atoms in total. The third kappa shape index (κ3) is 3.81. The first-order chi connectivity index (χ1) is 14.7. The van der Waals surface area contributed by atoms with E-state index in [4.69, 9.17) is 0 Å². The summed E-state index contributed by atoms with van der Waals surface area (Å²) in [4.78, 5) is 24.6. The SMILES string of the molecule is COC(=O)c1ccc(N=Nc2c(-c3ccccc3)[nH]n(-c3ccccc3)c2=O)cc1. The van der Waals surface area contributed by atoms with Crippen molar-refractivity contribution in [1.29, 1.82) is 0 Å². The number of ether oxygens (including phenoxy) is 1. The predicted octanol–water partition coefficient (Wildman–Crippen LogP) is 5.03. The van der Waals surface area contributed by atoms with Crippen molar-refractivity contribution in [2.75, 3.05) is 7.11 Å². The van der Waals surface area contributed by atoms with E-state index in [0.29, 0.717) is 22.6 Å². The van der Waals surface area contributed by atoms with Crippen LogP contribution in [0.3, 0.4) is 0 Å². The third-order valence-corrected chi connectivity index (χ3v) is 4.50. The van der Waals surface area contributed by atoms with Crippen LogP contribution in [-0.2, 0) is 4.74 Å². The van der Waals surface area contributed by atoms with Gasteiger partial charge in [-0.3, -0.25) is 9.89 Å². The van der Waals surface area contributed by atoms with Crippen LogP contribution in [0, 0.1) is 0 Å².